The molecule has 26 heavy (non-hydrogen) atoms. The van der Waals surface area contributed by atoms with E-state index in [9.17, 15) is 0 Å². The van der Waals surface area contributed by atoms with Crippen molar-refractivity contribution in [1.82, 2.24) is 15.5 Å². The Morgan fingerprint density at radius 2 is 2.08 bits per heavy atom. The highest BCUT2D eigenvalue weighted by Gasteiger charge is 2.31. The molecular weight excluding hydrogens is 475 g/mol. The van der Waals surface area contributed by atoms with Crippen molar-refractivity contribution in [2.75, 3.05) is 27.2 Å². The van der Waals surface area contributed by atoms with Crippen LogP contribution in [0.3, 0.4) is 0 Å². The molecule has 0 saturated carbocycles. The van der Waals surface area contributed by atoms with Crippen molar-refractivity contribution < 1.29 is 0 Å². The van der Waals surface area contributed by atoms with E-state index >= 15 is 0 Å². The molecule has 3 unspecified atom stereocenters. The molecule has 2 N–H and O–H groups in total. The van der Waals surface area contributed by atoms with Crippen molar-refractivity contribution in [1.29, 1.82) is 0 Å². The summed E-state index contributed by atoms with van der Waals surface area (Å²) in [6.07, 6.45) is 2.53. The summed E-state index contributed by atoms with van der Waals surface area (Å²) in [6, 6.07) is 9.48. The van der Waals surface area contributed by atoms with Crippen LogP contribution in [0.25, 0.3) is 0 Å². The summed E-state index contributed by atoms with van der Waals surface area (Å²) in [5.41, 5.74) is 0. The molecule has 1 aliphatic rings. The summed E-state index contributed by atoms with van der Waals surface area (Å²) in [6.45, 7) is 4.31. The van der Waals surface area contributed by atoms with Crippen molar-refractivity contribution in [3.05, 3.63) is 44.8 Å². The highest BCUT2D eigenvalue weighted by molar-refractivity contribution is 14.0. The third kappa shape index (κ3) is 5.43. The minimum Gasteiger partial charge on any atom is -0.356 e. The second-order valence-corrected chi connectivity index (χ2v) is 8.64. The lowest BCUT2D eigenvalue weighted by Gasteiger charge is -2.39. The van der Waals surface area contributed by atoms with E-state index in [1.54, 1.807) is 11.3 Å². The standard InChI is InChI=1S/C19H28N4S2.HI/c1-14(16-8-5-11-24-16)22-19(20-2)21-13-15-7-4-10-23(3)18(15)17-9-6-12-25-17;/h5-6,8-9,11-12,14-15,18H,4,7,10,13H2,1-3H3,(H2,20,21,22);1H. The van der Waals surface area contributed by atoms with Crippen LogP contribution in [-0.4, -0.2) is 38.0 Å². The number of hydrogen-bond acceptors (Lipinski definition) is 4. The van der Waals surface area contributed by atoms with Crippen LogP contribution < -0.4 is 10.6 Å². The van der Waals surface area contributed by atoms with Crippen LogP contribution >= 0.6 is 46.7 Å². The Labute approximate surface area is 182 Å². The summed E-state index contributed by atoms with van der Waals surface area (Å²) < 4.78 is 0. The Balaban J connectivity index is 0.00000243. The molecule has 0 amide bonds. The number of nitrogens with one attached hydrogen (secondary N) is 2. The largest absolute Gasteiger partial charge is 0.356 e. The van der Waals surface area contributed by atoms with Crippen LogP contribution in [0.4, 0.5) is 0 Å². The van der Waals surface area contributed by atoms with Gasteiger partial charge in [-0.2, -0.15) is 0 Å². The molecule has 2 aromatic heterocycles. The second-order valence-electron chi connectivity index (χ2n) is 6.68. The van der Waals surface area contributed by atoms with Crippen molar-refractivity contribution in [2.24, 2.45) is 10.9 Å². The van der Waals surface area contributed by atoms with E-state index in [4.69, 9.17) is 0 Å². The Morgan fingerprint density at radius 3 is 2.73 bits per heavy atom. The Morgan fingerprint density at radius 1 is 1.31 bits per heavy atom. The Hall–Kier alpha value is -0.640. The summed E-state index contributed by atoms with van der Waals surface area (Å²) in [4.78, 5) is 9.73. The van der Waals surface area contributed by atoms with Gasteiger partial charge in [0.25, 0.3) is 0 Å². The number of likely N-dealkylation sites (tertiary alicyclic amines) is 1. The van der Waals surface area contributed by atoms with E-state index in [2.05, 4.69) is 69.5 Å². The minimum atomic E-state index is 0. The molecule has 0 radical (unpaired) electrons. The molecular formula is C19H29IN4S2. The smallest absolute Gasteiger partial charge is 0.191 e. The number of rotatable bonds is 5. The molecule has 1 saturated heterocycles. The molecule has 2 aromatic rings. The van der Waals surface area contributed by atoms with Crippen molar-refractivity contribution in [3.8, 4) is 0 Å². The quantitative estimate of drug-likeness (QED) is 0.351. The zero-order chi connectivity index (χ0) is 17.6. The molecule has 1 aliphatic heterocycles. The normalized spacial score (nSPS) is 22.5. The SMILES string of the molecule is CN=C(NCC1CCCN(C)C1c1cccs1)NC(C)c1cccs1.I. The Bertz CT molecular complexity index is 657. The van der Waals surface area contributed by atoms with Gasteiger partial charge in [0, 0.05) is 29.4 Å². The summed E-state index contributed by atoms with van der Waals surface area (Å²) >= 11 is 3.65. The summed E-state index contributed by atoms with van der Waals surface area (Å²) in [7, 11) is 4.10. The number of hydrogen-bond donors (Lipinski definition) is 2. The van der Waals surface area contributed by atoms with Crippen molar-refractivity contribution in [3.63, 3.8) is 0 Å². The van der Waals surface area contributed by atoms with Crippen LogP contribution in [0, 0.1) is 5.92 Å². The van der Waals surface area contributed by atoms with Crippen LogP contribution in [-0.2, 0) is 0 Å². The van der Waals surface area contributed by atoms with Gasteiger partial charge in [-0.1, -0.05) is 12.1 Å². The molecule has 3 heterocycles. The summed E-state index contributed by atoms with van der Waals surface area (Å²) in [5, 5.41) is 11.4. The molecule has 1 fully saturated rings. The second kappa shape index (κ2) is 10.6. The van der Waals surface area contributed by atoms with E-state index < -0.39 is 0 Å². The maximum Gasteiger partial charge on any atom is 0.191 e. The highest BCUT2D eigenvalue weighted by Crippen LogP contribution is 2.36. The fourth-order valence-corrected chi connectivity index (χ4v) is 5.34. The first-order chi connectivity index (χ1) is 12.2. The average molecular weight is 505 g/mol. The first kappa shape index (κ1) is 21.7. The van der Waals surface area contributed by atoms with E-state index in [1.165, 1.54) is 29.1 Å². The zero-order valence-electron chi connectivity index (χ0n) is 15.6. The lowest BCUT2D eigenvalue weighted by molar-refractivity contribution is 0.125. The van der Waals surface area contributed by atoms with E-state index in [-0.39, 0.29) is 30.0 Å². The van der Waals surface area contributed by atoms with Gasteiger partial charge in [0.15, 0.2) is 5.96 Å². The number of thiophene rings is 2. The number of nitrogens with zero attached hydrogens (tertiary/aromatic N) is 2. The van der Waals surface area contributed by atoms with Crippen LogP contribution in [0.15, 0.2) is 40.0 Å². The molecule has 0 aromatic carbocycles. The first-order valence-corrected chi connectivity index (χ1v) is 10.7. The Kier molecular flexibility index (Phi) is 8.86. The predicted molar refractivity (Wildman–Crippen MR) is 125 cm³/mol. The maximum atomic E-state index is 4.42. The third-order valence-corrected chi connectivity index (χ3v) is 6.92. The molecule has 0 bridgehead atoms. The lowest BCUT2D eigenvalue weighted by Crippen LogP contribution is -2.45. The van der Waals surface area contributed by atoms with Crippen LogP contribution in [0.5, 0.6) is 0 Å². The van der Waals surface area contributed by atoms with Crippen LogP contribution in [0.1, 0.15) is 41.6 Å². The van der Waals surface area contributed by atoms with E-state index in [0.717, 1.165) is 12.5 Å². The maximum absolute atomic E-state index is 4.42. The molecule has 4 nitrogen and oxygen atoms in total. The van der Waals surface area contributed by atoms with Crippen LogP contribution in [0.2, 0.25) is 0 Å². The van der Waals surface area contributed by atoms with E-state index in [1.807, 2.05) is 18.4 Å². The number of piperidine rings is 1. The molecule has 144 valence electrons. The molecule has 3 rings (SSSR count). The molecule has 7 heteroatoms. The third-order valence-electron chi connectivity index (χ3n) is 4.92. The highest BCUT2D eigenvalue weighted by atomic mass is 127. The monoisotopic (exact) mass is 504 g/mol. The molecule has 0 aliphatic carbocycles. The van der Waals surface area contributed by atoms with Gasteiger partial charge in [-0.3, -0.25) is 9.89 Å². The fraction of sp³-hybridized carbons (Fsp3) is 0.526. The minimum absolute atomic E-state index is 0. The first-order valence-electron chi connectivity index (χ1n) is 8.93. The van der Waals surface area contributed by atoms with Crippen molar-refractivity contribution >= 4 is 52.6 Å². The van der Waals surface area contributed by atoms with Gasteiger partial charge >= 0.3 is 0 Å². The fourth-order valence-electron chi connectivity index (χ4n) is 3.62. The van der Waals surface area contributed by atoms with Gasteiger partial charge in [-0.25, -0.2) is 0 Å². The molecule has 3 atom stereocenters. The number of guanidine groups is 1. The summed E-state index contributed by atoms with van der Waals surface area (Å²) in [5.74, 6) is 1.49. The average Bonchev–Trinajstić information content (AvgIpc) is 3.31. The van der Waals surface area contributed by atoms with Gasteiger partial charge in [-0.05, 0) is 62.2 Å². The molecule has 0 spiro atoms. The van der Waals surface area contributed by atoms with Gasteiger partial charge < -0.3 is 10.6 Å². The van der Waals surface area contributed by atoms with Gasteiger partial charge in [-0.15, -0.1) is 46.7 Å². The van der Waals surface area contributed by atoms with Gasteiger partial charge in [0.2, 0.25) is 0 Å². The van der Waals surface area contributed by atoms with Gasteiger partial charge in [0.05, 0.1) is 6.04 Å². The zero-order valence-corrected chi connectivity index (χ0v) is 19.6. The van der Waals surface area contributed by atoms with E-state index in [0.29, 0.717) is 12.0 Å². The van der Waals surface area contributed by atoms with Gasteiger partial charge in [0.1, 0.15) is 0 Å². The van der Waals surface area contributed by atoms with Crippen molar-refractivity contribution in [2.45, 2.75) is 31.8 Å². The predicted octanol–water partition coefficient (Wildman–Crippen LogP) is 4.74. The topological polar surface area (TPSA) is 39.7 Å². The lowest BCUT2D eigenvalue weighted by atomic mass is 9.88. The number of aliphatic imine (C=N–C) groups is 1. The number of halogens is 1.